The minimum Gasteiger partial charge on any atom is -0.377 e. The van der Waals surface area contributed by atoms with Gasteiger partial charge in [-0.25, -0.2) is 18.4 Å². The fraction of sp³-hybridized carbons (Fsp3) is 0.317. The minimum absolute atomic E-state index is 0.0534. The lowest BCUT2D eigenvalue weighted by atomic mass is 9.84. The van der Waals surface area contributed by atoms with Crippen molar-refractivity contribution >= 4 is 11.4 Å². The van der Waals surface area contributed by atoms with Crippen LogP contribution >= 0.6 is 0 Å². The van der Waals surface area contributed by atoms with E-state index in [1.54, 1.807) is 15.6 Å². The normalized spacial score (nSPS) is 15.4. The molecule has 1 N–H and O–H groups in total. The molecule has 280 valence electrons. The van der Waals surface area contributed by atoms with Gasteiger partial charge in [-0.1, -0.05) is 57.2 Å². The first-order valence-electron chi connectivity index (χ1n) is 18.2. The summed E-state index contributed by atoms with van der Waals surface area (Å²) >= 11 is 0. The number of nitrogens with zero attached hydrogens (tertiary/aromatic N) is 8. The number of aromatic nitrogens is 6. The highest BCUT2D eigenvalue weighted by atomic mass is 19.3. The number of benzene rings is 3. The van der Waals surface area contributed by atoms with E-state index < -0.39 is 35.1 Å². The van der Waals surface area contributed by atoms with E-state index >= 15 is 8.78 Å². The van der Waals surface area contributed by atoms with Gasteiger partial charge in [0.15, 0.2) is 5.60 Å². The van der Waals surface area contributed by atoms with Crippen LogP contribution in [-0.2, 0) is 18.1 Å². The molecule has 10 nitrogen and oxygen atoms in total. The number of anilines is 2. The van der Waals surface area contributed by atoms with Crippen LogP contribution in [0.5, 0.6) is 0 Å². The first-order chi connectivity index (χ1) is 26.0. The van der Waals surface area contributed by atoms with E-state index in [2.05, 4.69) is 45.8 Å². The van der Waals surface area contributed by atoms with Crippen molar-refractivity contribution in [3.63, 3.8) is 0 Å². The molecule has 1 aliphatic heterocycles. The molecule has 1 unspecified atom stereocenters. The SMILES string of the molecule is CC[C@@H](C(C)C)n1ncn(-c2ccc(N3CCN(c4ccc(-c5ccc(C(F)(F)C(O)(Cn6cccn6)c6ccccc6F)nc5)cc4)CC3)cc2)c1=O. The molecule has 0 amide bonds. The van der Waals surface area contributed by atoms with E-state index in [0.717, 1.165) is 72.0 Å². The Hall–Kier alpha value is -5.69. The number of pyridine rings is 1. The average Bonchev–Trinajstić information content (AvgIpc) is 3.84. The zero-order valence-corrected chi connectivity index (χ0v) is 30.4. The quantitative estimate of drug-likeness (QED) is 0.144. The summed E-state index contributed by atoms with van der Waals surface area (Å²) in [5.41, 5.74) is -0.0223. The fourth-order valence-corrected chi connectivity index (χ4v) is 7.30. The zero-order valence-electron chi connectivity index (χ0n) is 30.4. The summed E-state index contributed by atoms with van der Waals surface area (Å²) in [5.74, 6) is -4.62. The summed E-state index contributed by atoms with van der Waals surface area (Å²) in [5, 5.41) is 19.9. The number of hydrogen-bond donors (Lipinski definition) is 1. The van der Waals surface area contributed by atoms with Crippen molar-refractivity contribution < 1.29 is 18.3 Å². The highest BCUT2D eigenvalue weighted by Gasteiger charge is 2.57. The molecule has 0 spiro atoms. The number of aliphatic hydroxyl groups is 1. The monoisotopic (exact) mass is 736 g/mol. The van der Waals surface area contributed by atoms with Crippen molar-refractivity contribution in [2.24, 2.45) is 5.92 Å². The zero-order chi connectivity index (χ0) is 38.0. The van der Waals surface area contributed by atoms with Gasteiger partial charge in [0.25, 0.3) is 0 Å². The molecule has 0 aliphatic carbocycles. The Balaban J connectivity index is 1.000. The minimum atomic E-state index is -3.97. The molecule has 3 aromatic carbocycles. The standard InChI is InChI=1S/C41H43F3N8O2/c1-4-37(29(2)3)52-39(53)51(28-47-52)34-17-15-33(16-18-34)49-24-22-48(23-25-49)32-13-10-30(11-14-32)31-12-19-38(45-26-31)41(43,44)40(54,27-50-21-7-20-46-50)35-8-5-6-9-36(35)42/h5-21,26,28-29,37,54H,4,22-25,27H2,1-3H3/t37-,40?/m0/s1. The molecule has 6 aromatic rings. The lowest BCUT2D eigenvalue weighted by Crippen LogP contribution is -2.47. The van der Waals surface area contributed by atoms with Gasteiger partial charge in [0.1, 0.15) is 17.8 Å². The Morgan fingerprint density at radius 3 is 1.96 bits per heavy atom. The van der Waals surface area contributed by atoms with Crippen LogP contribution in [0.3, 0.4) is 0 Å². The number of alkyl halides is 2. The maximum atomic E-state index is 16.2. The van der Waals surface area contributed by atoms with Crippen LogP contribution in [0.2, 0.25) is 0 Å². The molecule has 0 saturated carbocycles. The number of halogens is 3. The molecule has 3 aromatic heterocycles. The van der Waals surface area contributed by atoms with E-state index in [9.17, 15) is 14.3 Å². The van der Waals surface area contributed by atoms with Gasteiger partial charge >= 0.3 is 11.6 Å². The summed E-state index contributed by atoms with van der Waals surface area (Å²) < 4.78 is 51.6. The fourth-order valence-electron chi connectivity index (χ4n) is 7.30. The highest BCUT2D eigenvalue weighted by Crippen LogP contribution is 2.47. The molecule has 7 rings (SSSR count). The van der Waals surface area contributed by atoms with E-state index in [0.29, 0.717) is 11.5 Å². The molecule has 1 fully saturated rings. The molecule has 0 bridgehead atoms. The van der Waals surface area contributed by atoms with Crippen LogP contribution in [0.25, 0.3) is 16.8 Å². The molecule has 54 heavy (non-hydrogen) atoms. The molecule has 13 heteroatoms. The van der Waals surface area contributed by atoms with Crippen LogP contribution in [0.15, 0.2) is 121 Å². The molecule has 4 heterocycles. The first kappa shape index (κ1) is 36.7. The predicted molar refractivity (Wildman–Crippen MR) is 203 cm³/mol. The van der Waals surface area contributed by atoms with Crippen molar-refractivity contribution in [3.8, 4) is 16.8 Å². The number of piperazine rings is 1. The van der Waals surface area contributed by atoms with E-state index in [4.69, 9.17) is 0 Å². The van der Waals surface area contributed by atoms with Crippen molar-refractivity contribution in [3.05, 3.63) is 143 Å². The topological polar surface area (TPSA) is 97.2 Å². The van der Waals surface area contributed by atoms with Crippen molar-refractivity contribution in [1.82, 2.24) is 29.1 Å². The lowest BCUT2D eigenvalue weighted by Gasteiger charge is -2.37. The predicted octanol–water partition coefficient (Wildman–Crippen LogP) is 7.05. The second-order valence-electron chi connectivity index (χ2n) is 14.0. The maximum Gasteiger partial charge on any atom is 0.350 e. The van der Waals surface area contributed by atoms with Gasteiger partial charge in [-0.15, -0.1) is 0 Å². The van der Waals surface area contributed by atoms with E-state index in [1.165, 1.54) is 48.9 Å². The van der Waals surface area contributed by atoms with E-state index in [-0.39, 0.29) is 11.7 Å². The summed E-state index contributed by atoms with van der Waals surface area (Å²) in [7, 11) is 0. The van der Waals surface area contributed by atoms with Gasteiger partial charge in [0.05, 0.1) is 18.3 Å². The molecule has 2 atom stereocenters. The second kappa shape index (κ2) is 15.0. The Bertz CT molecular complexity index is 2210. The molecular weight excluding hydrogens is 693 g/mol. The van der Waals surface area contributed by atoms with Crippen LogP contribution in [-0.4, -0.2) is 60.4 Å². The molecule has 0 radical (unpaired) electrons. The average molecular weight is 737 g/mol. The summed E-state index contributed by atoms with van der Waals surface area (Å²) in [6.45, 7) is 8.80. The maximum absolute atomic E-state index is 16.2. The Labute approximate surface area is 311 Å². The van der Waals surface area contributed by atoms with Crippen molar-refractivity contribution in [1.29, 1.82) is 0 Å². The van der Waals surface area contributed by atoms with E-state index in [1.807, 2.05) is 48.5 Å². The van der Waals surface area contributed by atoms with Gasteiger partial charge in [-0.05, 0) is 72.5 Å². The number of rotatable bonds is 12. The van der Waals surface area contributed by atoms with Crippen molar-refractivity contribution in [2.45, 2.75) is 51.3 Å². The Kier molecular flexibility index (Phi) is 10.2. The van der Waals surface area contributed by atoms with Gasteiger partial charge in [0.2, 0.25) is 0 Å². The third-order valence-electron chi connectivity index (χ3n) is 10.4. The van der Waals surface area contributed by atoms with Crippen LogP contribution in [0.4, 0.5) is 24.5 Å². The van der Waals surface area contributed by atoms with Crippen molar-refractivity contribution in [2.75, 3.05) is 36.0 Å². The second-order valence-corrected chi connectivity index (χ2v) is 14.0. The summed E-state index contributed by atoms with van der Waals surface area (Å²) in [6.07, 6.45) is 6.60. The van der Waals surface area contributed by atoms with Gasteiger partial charge in [0, 0.05) is 67.3 Å². The lowest BCUT2D eigenvalue weighted by molar-refractivity contribution is -0.207. The van der Waals surface area contributed by atoms with Crippen LogP contribution in [0.1, 0.15) is 44.5 Å². The molecular formula is C41H43F3N8O2. The third-order valence-corrected chi connectivity index (χ3v) is 10.4. The Morgan fingerprint density at radius 1 is 0.796 bits per heavy atom. The van der Waals surface area contributed by atoms with Crippen LogP contribution in [0, 0.1) is 11.7 Å². The smallest absolute Gasteiger partial charge is 0.350 e. The highest BCUT2D eigenvalue weighted by molar-refractivity contribution is 5.66. The number of hydrogen-bond acceptors (Lipinski definition) is 7. The summed E-state index contributed by atoms with van der Waals surface area (Å²) in [6, 6.07) is 25.1. The Morgan fingerprint density at radius 2 is 1.41 bits per heavy atom. The molecule has 1 aliphatic rings. The largest absolute Gasteiger partial charge is 0.377 e. The summed E-state index contributed by atoms with van der Waals surface area (Å²) in [4.78, 5) is 21.8. The van der Waals surface area contributed by atoms with Gasteiger partial charge in [-0.2, -0.15) is 19.0 Å². The third kappa shape index (κ3) is 6.91. The van der Waals surface area contributed by atoms with Gasteiger partial charge < -0.3 is 14.9 Å². The van der Waals surface area contributed by atoms with Crippen LogP contribution < -0.4 is 15.5 Å². The first-order valence-corrected chi connectivity index (χ1v) is 18.2. The molecule has 1 saturated heterocycles. The van der Waals surface area contributed by atoms with Gasteiger partial charge in [-0.3, -0.25) is 9.67 Å².